The lowest BCUT2D eigenvalue weighted by Gasteiger charge is -2.28. The second-order valence-electron chi connectivity index (χ2n) is 5.48. The minimum atomic E-state index is -0.730. The van der Waals surface area contributed by atoms with Crippen molar-refractivity contribution in [2.45, 2.75) is 38.1 Å². The van der Waals surface area contributed by atoms with Crippen molar-refractivity contribution in [1.82, 2.24) is 19.7 Å². The first-order chi connectivity index (χ1) is 10.1. The van der Waals surface area contributed by atoms with E-state index in [1.54, 1.807) is 0 Å². The van der Waals surface area contributed by atoms with Gasteiger partial charge in [0.25, 0.3) is 0 Å². The number of aromatic nitrogens is 4. The number of rotatable bonds is 3. The number of hydrogen-bond acceptors (Lipinski definition) is 5. The normalized spacial score (nSPS) is 22.5. The fraction of sp³-hybridized carbons (Fsp3) is 0.538. The van der Waals surface area contributed by atoms with Crippen molar-refractivity contribution in [1.29, 1.82) is 0 Å². The Balaban J connectivity index is 1.93. The summed E-state index contributed by atoms with van der Waals surface area (Å²) in [6, 6.07) is 0.184. The zero-order valence-electron chi connectivity index (χ0n) is 11.4. The summed E-state index contributed by atoms with van der Waals surface area (Å²) in [7, 11) is 0. The minimum Gasteiger partial charge on any atom is -0.481 e. The maximum absolute atomic E-state index is 10.9. The number of carbonyl (C=O) groups is 1. The van der Waals surface area contributed by atoms with Gasteiger partial charge < -0.3 is 10.8 Å². The van der Waals surface area contributed by atoms with E-state index in [0.717, 1.165) is 40.4 Å². The van der Waals surface area contributed by atoms with Crippen LogP contribution in [-0.2, 0) is 4.79 Å². The Morgan fingerprint density at radius 2 is 2.29 bits per heavy atom. The van der Waals surface area contributed by atoms with Crippen LogP contribution in [0.4, 0.5) is 5.82 Å². The van der Waals surface area contributed by atoms with Crippen molar-refractivity contribution in [2.24, 2.45) is 5.92 Å². The van der Waals surface area contributed by atoms with Crippen LogP contribution in [0.5, 0.6) is 0 Å². The third kappa shape index (κ3) is 2.81. The van der Waals surface area contributed by atoms with Crippen LogP contribution in [0.2, 0.25) is 0 Å². The number of carboxylic acids is 1. The van der Waals surface area contributed by atoms with Crippen LogP contribution in [-0.4, -0.2) is 30.8 Å². The van der Waals surface area contributed by atoms with Gasteiger partial charge in [0.1, 0.15) is 15.8 Å². The lowest BCUT2D eigenvalue weighted by molar-refractivity contribution is -0.138. The SMILES string of the molecule is Nc1ncnc2c1c(I)nn2C1CCCC(CC(=O)O)C1. The molecule has 0 radical (unpaired) electrons. The number of fused-ring (bicyclic) bond motifs is 1. The predicted octanol–water partition coefficient (Wildman–Crippen LogP) is 2.22. The number of hydrogen-bond donors (Lipinski definition) is 2. The highest BCUT2D eigenvalue weighted by atomic mass is 127. The average Bonchev–Trinajstić information content (AvgIpc) is 2.77. The third-order valence-corrected chi connectivity index (χ3v) is 4.79. The molecule has 1 saturated carbocycles. The molecule has 2 aromatic heterocycles. The molecule has 0 saturated heterocycles. The summed E-state index contributed by atoms with van der Waals surface area (Å²) >= 11 is 2.14. The van der Waals surface area contributed by atoms with Crippen molar-refractivity contribution in [2.75, 3.05) is 5.73 Å². The highest BCUT2D eigenvalue weighted by Crippen LogP contribution is 2.36. The number of aliphatic carboxylic acids is 1. The van der Waals surface area contributed by atoms with Gasteiger partial charge in [0.15, 0.2) is 5.65 Å². The first-order valence-electron chi connectivity index (χ1n) is 6.92. The van der Waals surface area contributed by atoms with Gasteiger partial charge >= 0.3 is 5.97 Å². The number of nitrogens with two attached hydrogens (primary N) is 1. The molecule has 2 aromatic rings. The maximum atomic E-state index is 10.9. The average molecular weight is 401 g/mol. The van der Waals surface area contributed by atoms with Gasteiger partial charge in [-0.25, -0.2) is 14.6 Å². The Kier molecular flexibility index (Phi) is 3.96. The molecule has 1 aliphatic carbocycles. The lowest BCUT2D eigenvalue weighted by Crippen LogP contribution is -2.22. The van der Waals surface area contributed by atoms with Gasteiger partial charge in [0.2, 0.25) is 0 Å². The molecular weight excluding hydrogens is 385 g/mol. The highest BCUT2D eigenvalue weighted by molar-refractivity contribution is 14.1. The van der Waals surface area contributed by atoms with E-state index in [1.165, 1.54) is 6.33 Å². The van der Waals surface area contributed by atoms with Gasteiger partial charge in [-0.1, -0.05) is 6.42 Å². The van der Waals surface area contributed by atoms with Crippen LogP contribution in [0.15, 0.2) is 6.33 Å². The van der Waals surface area contributed by atoms with E-state index in [-0.39, 0.29) is 18.4 Å². The fourth-order valence-corrected chi connectivity index (χ4v) is 3.87. The molecule has 0 aliphatic heterocycles. The van der Waals surface area contributed by atoms with Gasteiger partial charge in [-0.2, -0.15) is 5.10 Å². The molecule has 0 bridgehead atoms. The standard InChI is InChI=1S/C13H16IN5O2/c14-11-10-12(15)16-6-17-13(10)19(18-11)8-3-1-2-7(4-8)5-9(20)21/h6-8H,1-5H2,(H,20,21)(H2,15,16,17). The second kappa shape index (κ2) is 5.74. The molecule has 7 nitrogen and oxygen atoms in total. The molecule has 8 heteroatoms. The summed E-state index contributed by atoms with van der Waals surface area (Å²) in [5, 5.41) is 14.3. The third-order valence-electron chi connectivity index (χ3n) is 4.04. The van der Waals surface area contributed by atoms with Crippen molar-refractivity contribution < 1.29 is 9.90 Å². The van der Waals surface area contributed by atoms with E-state index in [2.05, 4.69) is 37.7 Å². The molecule has 2 atom stereocenters. The van der Waals surface area contributed by atoms with Crippen molar-refractivity contribution in [3.05, 3.63) is 10.0 Å². The van der Waals surface area contributed by atoms with Crippen molar-refractivity contribution in [3.8, 4) is 0 Å². The van der Waals surface area contributed by atoms with Crippen LogP contribution in [0.25, 0.3) is 11.0 Å². The summed E-state index contributed by atoms with van der Waals surface area (Å²) in [4.78, 5) is 19.2. The zero-order valence-corrected chi connectivity index (χ0v) is 13.5. The molecule has 3 N–H and O–H groups in total. The Labute approximate surface area is 135 Å². The Hall–Kier alpha value is -1.45. The van der Waals surface area contributed by atoms with E-state index in [4.69, 9.17) is 10.8 Å². The van der Waals surface area contributed by atoms with Gasteiger partial charge in [-0.3, -0.25) is 4.79 Å². The molecule has 1 fully saturated rings. The smallest absolute Gasteiger partial charge is 0.303 e. The fourth-order valence-electron chi connectivity index (χ4n) is 3.12. The first kappa shape index (κ1) is 14.5. The lowest BCUT2D eigenvalue weighted by atomic mass is 9.84. The number of nitrogen functional groups attached to an aromatic ring is 1. The Morgan fingerprint density at radius 1 is 1.48 bits per heavy atom. The number of anilines is 1. The molecule has 0 aromatic carbocycles. The zero-order chi connectivity index (χ0) is 15.0. The number of carboxylic acid groups (broad SMARTS) is 1. The van der Waals surface area contributed by atoms with Crippen LogP contribution in [0, 0.1) is 9.62 Å². The van der Waals surface area contributed by atoms with Gasteiger partial charge in [-0.05, 0) is 47.8 Å². The topological polar surface area (TPSA) is 107 Å². The van der Waals surface area contributed by atoms with Crippen LogP contribution in [0.1, 0.15) is 38.1 Å². The molecule has 3 rings (SSSR count). The molecule has 2 heterocycles. The van der Waals surface area contributed by atoms with Crippen LogP contribution in [0.3, 0.4) is 0 Å². The molecule has 2 unspecified atom stereocenters. The summed E-state index contributed by atoms with van der Waals surface area (Å²) in [5.74, 6) is -0.0852. The van der Waals surface area contributed by atoms with E-state index in [1.807, 2.05) is 4.68 Å². The molecular formula is C13H16IN5O2. The molecule has 112 valence electrons. The maximum Gasteiger partial charge on any atom is 0.303 e. The largest absolute Gasteiger partial charge is 0.481 e. The summed E-state index contributed by atoms with van der Waals surface area (Å²) in [5.41, 5.74) is 6.65. The summed E-state index contributed by atoms with van der Waals surface area (Å²) < 4.78 is 2.70. The van der Waals surface area contributed by atoms with Gasteiger partial charge in [0, 0.05) is 6.42 Å². The number of nitrogens with zero attached hydrogens (tertiary/aromatic N) is 4. The highest BCUT2D eigenvalue weighted by Gasteiger charge is 2.28. The van der Waals surface area contributed by atoms with Gasteiger partial charge in [0.05, 0.1) is 11.4 Å². The monoisotopic (exact) mass is 401 g/mol. The van der Waals surface area contributed by atoms with Crippen LogP contribution < -0.4 is 5.73 Å². The molecule has 21 heavy (non-hydrogen) atoms. The molecule has 0 spiro atoms. The predicted molar refractivity (Wildman–Crippen MR) is 85.7 cm³/mol. The quantitative estimate of drug-likeness (QED) is 0.764. The van der Waals surface area contributed by atoms with E-state index >= 15 is 0 Å². The summed E-state index contributed by atoms with van der Waals surface area (Å²) in [6.07, 6.45) is 5.47. The van der Waals surface area contributed by atoms with E-state index < -0.39 is 5.97 Å². The van der Waals surface area contributed by atoms with Gasteiger partial charge in [-0.15, -0.1) is 0 Å². The minimum absolute atomic E-state index is 0.184. The molecule has 1 aliphatic rings. The Bertz CT molecular complexity index is 686. The first-order valence-corrected chi connectivity index (χ1v) is 8.00. The van der Waals surface area contributed by atoms with E-state index in [0.29, 0.717) is 5.82 Å². The van der Waals surface area contributed by atoms with E-state index in [9.17, 15) is 4.79 Å². The van der Waals surface area contributed by atoms with Crippen molar-refractivity contribution >= 4 is 45.4 Å². The van der Waals surface area contributed by atoms with Crippen molar-refractivity contribution in [3.63, 3.8) is 0 Å². The molecule has 0 amide bonds. The summed E-state index contributed by atoms with van der Waals surface area (Å²) in [6.45, 7) is 0. The number of halogens is 1. The second-order valence-corrected chi connectivity index (χ2v) is 6.50. The Morgan fingerprint density at radius 3 is 3.05 bits per heavy atom. The van der Waals surface area contributed by atoms with Crippen LogP contribution >= 0.6 is 22.6 Å².